The predicted molar refractivity (Wildman–Crippen MR) is 64.1 cm³/mol. The first-order chi connectivity index (χ1) is 9.00. The van der Waals surface area contributed by atoms with Crippen molar-refractivity contribution >= 4 is 11.7 Å². The van der Waals surface area contributed by atoms with Crippen molar-refractivity contribution in [3.05, 3.63) is 57.0 Å². The zero-order valence-corrected chi connectivity index (χ0v) is 9.99. The first-order valence-electron chi connectivity index (χ1n) is 5.41. The topological polar surface area (TPSA) is 106 Å². The molecule has 0 amide bonds. The van der Waals surface area contributed by atoms with Gasteiger partial charge in [-0.15, -0.1) is 0 Å². The van der Waals surface area contributed by atoms with Gasteiger partial charge in [-0.1, -0.05) is 23.4 Å². The molecular formula is C12H10N2O5. The van der Waals surface area contributed by atoms with E-state index in [0.29, 0.717) is 5.56 Å². The second kappa shape index (κ2) is 4.89. The van der Waals surface area contributed by atoms with Crippen molar-refractivity contribution in [2.45, 2.75) is 13.3 Å². The van der Waals surface area contributed by atoms with Gasteiger partial charge in [0.15, 0.2) is 5.76 Å². The summed E-state index contributed by atoms with van der Waals surface area (Å²) in [5.41, 5.74) is 0.512. The van der Waals surface area contributed by atoms with Crippen LogP contribution in [0.25, 0.3) is 0 Å². The lowest BCUT2D eigenvalue weighted by Crippen LogP contribution is -2.03. The van der Waals surface area contributed by atoms with Gasteiger partial charge in [0.2, 0.25) is 0 Å². The van der Waals surface area contributed by atoms with E-state index in [2.05, 4.69) is 5.16 Å². The van der Waals surface area contributed by atoms with E-state index in [1.165, 1.54) is 13.0 Å². The van der Waals surface area contributed by atoms with Gasteiger partial charge in [0.25, 0.3) is 5.69 Å². The lowest BCUT2D eigenvalue weighted by Gasteiger charge is -2.01. The van der Waals surface area contributed by atoms with Crippen LogP contribution in [0.3, 0.4) is 0 Å². The van der Waals surface area contributed by atoms with Crippen LogP contribution < -0.4 is 0 Å². The second-order valence-electron chi connectivity index (χ2n) is 3.93. The van der Waals surface area contributed by atoms with Crippen molar-refractivity contribution in [2.24, 2.45) is 0 Å². The molecule has 0 aliphatic heterocycles. The van der Waals surface area contributed by atoms with E-state index in [0.717, 1.165) is 0 Å². The van der Waals surface area contributed by atoms with Crippen molar-refractivity contribution in [3.8, 4) is 0 Å². The molecule has 0 saturated carbocycles. The van der Waals surface area contributed by atoms with Crippen molar-refractivity contribution in [2.75, 3.05) is 0 Å². The van der Waals surface area contributed by atoms with Gasteiger partial charge in [-0.25, -0.2) is 4.79 Å². The van der Waals surface area contributed by atoms with Gasteiger partial charge < -0.3 is 9.63 Å². The molecular weight excluding hydrogens is 252 g/mol. The fourth-order valence-corrected chi connectivity index (χ4v) is 1.82. The average Bonchev–Trinajstić information content (AvgIpc) is 2.71. The molecule has 19 heavy (non-hydrogen) atoms. The van der Waals surface area contributed by atoms with Gasteiger partial charge in [0, 0.05) is 18.1 Å². The summed E-state index contributed by atoms with van der Waals surface area (Å²) < 4.78 is 4.94. The number of nitrogens with zero attached hydrogens (tertiary/aromatic N) is 2. The third-order valence-corrected chi connectivity index (χ3v) is 2.69. The summed E-state index contributed by atoms with van der Waals surface area (Å²) in [6.45, 7) is 1.51. The number of carbonyl (C=O) groups is 1. The molecule has 98 valence electrons. The first kappa shape index (κ1) is 12.7. The van der Waals surface area contributed by atoms with Crippen molar-refractivity contribution in [1.82, 2.24) is 5.16 Å². The Balaban J connectivity index is 2.42. The molecule has 0 aliphatic carbocycles. The summed E-state index contributed by atoms with van der Waals surface area (Å²) in [5.74, 6) is -1.05. The summed E-state index contributed by atoms with van der Waals surface area (Å²) >= 11 is 0. The SMILES string of the molecule is Cc1noc(Cc2ccccc2[N+](=O)[O-])c1C(=O)O. The Kier molecular flexibility index (Phi) is 3.28. The zero-order valence-electron chi connectivity index (χ0n) is 9.99. The van der Waals surface area contributed by atoms with Crippen molar-refractivity contribution in [1.29, 1.82) is 0 Å². The van der Waals surface area contributed by atoms with E-state index in [9.17, 15) is 14.9 Å². The van der Waals surface area contributed by atoms with E-state index in [1.807, 2.05) is 0 Å². The molecule has 0 bridgehead atoms. The van der Waals surface area contributed by atoms with E-state index in [1.54, 1.807) is 18.2 Å². The second-order valence-corrected chi connectivity index (χ2v) is 3.93. The smallest absolute Gasteiger partial charge is 0.341 e. The number of rotatable bonds is 4. The highest BCUT2D eigenvalue weighted by atomic mass is 16.6. The van der Waals surface area contributed by atoms with Crippen LogP contribution in [0.2, 0.25) is 0 Å². The number of para-hydroxylation sites is 1. The minimum Gasteiger partial charge on any atom is -0.477 e. The van der Waals surface area contributed by atoms with Crippen LogP contribution in [0.4, 0.5) is 5.69 Å². The maximum Gasteiger partial charge on any atom is 0.341 e. The molecule has 7 nitrogen and oxygen atoms in total. The Morgan fingerprint density at radius 3 is 2.79 bits per heavy atom. The average molecular weight is 262 g/mol. The van der Waals surface area contributed by atoms with Crippen LogP contribution in [0, 0.1) is 17.0 Å². The Bertz CT molecular complexity index is 647. The van der Waals surface area contributed by atoms with Crippen LogP contribution in [-0.2, 0) is 6.42 Å². The lowest BCUT2D eigenvalue weighted by molar-refractivity contribution is -0.385. The number of carboxylic acid groups (broad SMARTS) is 1. The summed E-state index contributed by atoms with van der Waals surface area (Å²) in [5, 5.41) is 23.5. The highest BCUT2D eigenvalue weighted by Gasteiger charge is 2.22. The monoisotopic (exact) mass is 262 g/mol. The van der Waals surface area contributed by atoms with Gasteiger partial charge in [0.05, 0.1) is 10.6 Å². The van der Waals surface area contributed by atoms with E-state index in [-0.39, 0.29) is 29.1 Å². The largest absolute Gasteiger partial charge is 0.477 e. The quantitative estimate of drug-likeness (QED) is 0.668. The number of aromatic carboxylic acids is 1. The fraction of sp³-hybridized carbons (Fsp3) is 0.167. The molecule has 1 heterocycles. The number of aromatic nitrogens is 1. The standard InChI is InChI=1S/C12H10N2O5/c1-7-11(12(15)16)10(19-13-7)6-8-4-2-3-5-9(8)14(17)18/h2-5H,6H2,1H3,(H,15,16). The zero-order chi connectivity index (χ0) is 14.0. The van der Waals surface area contributed by atoms with Crippen LogP contribution in [0.1, 0.15) is 27.4 Å². The number of hydrogen-bond donors (Lipinski definition) is 1. The number of hydrogen-bond acceptors (Lipinski definition) is 5. The molecule has 0 unspecified atom stereocenters. The molecule has 2 rings (SSSR count). The van der Waals surface area contributed by atoms with Crippen LogP contribution in [-0.4, -0.2) is 21.2 Å². The van der Waals surface area contributed by atoms with Gasteiger partial charge in [-0.3, -0.25) is 10.1 Å². The molecule has 1 N–H and O–H groups in total. The van der Waals surface area contributed by atoms with Gasteiger partial charge in [-0.2, -0.15) is 0 Å². The summed E-state index contributed by atoms with van der Waals surface area (Å²) in [6.07, 6.45) is 0.0135. The molecule has 0 spiro atoms. The summed E-state index contributed by atoms with van der Waals surface area (Å²) in [4.78, 5) is 21.4. The molecule has 2 aromatic rings. The Morgan fingerprint density at radius 1 is 1.47 bits per heavy atom. The Labute approximate surface area is 107 Å². The highest BCUT2D eigenvalue weighted by molar-refractivity contribution is 5.90. The number of carboxylic acids is 1. The Morgan fingerprint density at radius 2 is 2.16 bits per heavy atom. The van der Waals surface area contributed by atoms with Crippen molar-refractivity contribution in [3.63, 3.8) is 0 Å². The third kappa shape index (κ3) is 2.44. The molecule has 0 saturated heterocycles. The fourth-order valence-electron chi connectivity index (χ4n) is 1.82. The van der Waals surface area contributed by atoms with Gasteiger partial charge in [0.1, 0.15) is 5.56 Å². The minimum absolute atomic E-state index is 0.0135. The molecule has 1 aromatic carbocycles. The van der Waals surface area contributed by atoms with Gasteiger partial charge >= 0.3 is 5.97 Å². The molecule has 0 fully saturated rings. The van der Waals surface area contributed by atoms with Crippen molar-refractivity contribution < 1.29 is 19.3 Å². The molecule has 0 atom stereocenters. The van der Waals surface area contributed by atoms with Crippen LogP contribution in [0.15, 0.2) is 28.8 Å². The van der Waals surface area contributed by atoms with E-state index in [4.69, 9.17) is 9.63 Å². The molecule has 0 aliphatic rings. The van der Waals surface area contributed by atoms with Gasteiger partial charge in [-0.05, 0) is 6.92 Å². The molecule has 7 heteroatoms. The lowest BCUT2D eigenvalue weighted by atomic mass is 10.0. The Hall–Kier alpha value is -2.70. The van der Waals surface area contributed by atoms with E-state index < -0.39 is 10.9 Å². The number of nitro benzene ring substituents is 1. The summed E-state index contributed by atoms with van der Waals surface area (Å²) in [7, 11) is 0. The minimum atomic E-state index is -1.16. The normalized spacial score (nSPS) is 10.4. The number of aryl methyl sites for hydroxylation is 1. The maximum atomic E-state index is 11.1. The maximum absolute atomic E-state index is 11.1. The number of nitro groups is 1. The van der Waals surface area contributed by atoms with Crippen LogP contribution in [0.5, 0.6) is 0 Å². The third-order valence-electron chi connectivity index (χ3n) is 2.69. The highest BCUT2D eigenvalue weighted by Crippen LogP contribution is 2.24. The predicted octanol–water partition coefficient (Wildman–Crippen LogP) is 2.18. The first-order valence-corrected chi connectivity index (χ1v) is 5.41. The summed E-state index contributed by atoms with van der Waals surface area (Å²) in [6, 6.07) is 6.11. The van der Waals surface area contributed by atoms with E-state index >= 15 is 0 Å². The van der Waals surface area contributed by atoms with Crippen LogP contribution >= 0.6 is 0 Å². The number of benzene rings is 1. The molecule has 1 aromatic heterocycles. The molecule has 0 radical (unpaired) electrons.